The number of hydrogen-bond donors (Lipinski definition) is 2. The van der Waals surface area contributed by atoms with E-state index in [-0.39, 0.29) is 17.4 Å². The fourth-order valence-electron chi connectivity index (χ4n) is 4.49. The summed E-state index contributed by atoms with van der Waals surface area (Å²) in [6.07, 6.45) is 1.93. The number of amides is 1. The number of nitrogens with zero attached hydrogens (tertiary/aromatic N) is 1. The molecular weight excluding hydrogens is 474 g/mol. The van der Waals surface area contributed by atoms with Gasteiger partial charge in [0, 0.05) is 28.9 Å². The lowest BCUT2D eigenvalue weighted by Gasteiger charge is -2.33. The summed E-state index contributed by atoms with van der Waals surface area (Å²) in [5, 5.41) is 17.0. The standard InChI is InChI=1S/C28H29N3O4S/c1-3-34-19-14-12-18(13-15-19)30-25(33)17-36-28-21(16-29)26(20-8-5-6-11-24(20)35-4-2)27-22(31-28)9-7-10-23(27)32/h5-6,8,11-15,26,31H,3-4,7,9-10,17H2,1-2H3,(H,30,33). The van der Waals surface area contributed by atoms with Gasteiger partial charge in [-0.15, -0.1) is 0 Å². The Hall–Kier alpha value is -3.70. The van der Waals surface area contributed by atoms with Crippen molar-refractivity contribution in [2.75, 3.05) is 24.3 Å². The van der Waals surface area contributed by atoms with Crippen molar-refractivity contribution < 1.29 is 19.1 Å². The lowest BCUT2D eigenvalue weighted by atomic mass is 9.76. The number of rotatable bonds is 9. The normalized spacial score (nSPS) is 17.1. The number of carbonyl (C=O) groups is 2. The Balaban J connectivity index is 1.59. The number of ether oxygens (including phenoxy) is 2. The van der Waals surface area contributed by atoms with E-state index >= 15 is 0 Å². The van der Waals surface area contributed by atoms with Crippen LogP contribution in [0, 0.1) is 11.3 Å². The highest BCUT2D eigenvalue weighted by Gasteiger charge is 2.38. The van der Waals surface area contributed by atoms with Crippen molar-refractivity contribution >= 4 is 29.1 Å². The van der Waals surface area contributed by atoms with Crippen molar-refractivity contribution in [2.24, 2.45) is 0 Å². The lowest BCUT2D eigenvalue weighted by Crippen LogP contribution is -2.32. The summed E-state index contributed by atoms with van der Waals surface area (Å²) >= 11 is 1.27. The van der Waals surface area contributed by atoms with Gasteiger partial charge in [0.2, 0.25) is 5.91 Å². The molecule has 0 fully saturated rings. The van der Waals surface area contributed by atoms with E-state index in [1.165, 1.54) is 11.8 Å². The molecule has 4 rings (SSSR count). The van der Waals surface area contributed by atoms with Crippen molar-refractivity contribution in [2.45, 2.75) is 39.0 Å². The molecule has 8 heteroatoms. The van der Waals surface area contributed by atoms with E-state index in [2.05, 4.69) is 16.7 Å². The lowest BCUT2D eigenvalue weighted by molar-refractivity contribution is -0.116. The van der Waals surface area contributed by atoms with Crippen LogP contribution in [0.25, 0.3) is 0 Å². The van der Waals surface area contributed by atoms with E-state index < -0.39 is 5.92 Å². The SMILES string of the molecule is CCOc1ccc(NC(=O)CSC2=C(C#N)C(c3ccccc3OCC)C3=C(CCCC3=O)N2)cc1. The Bertz CT molecular complexity index is 1240. The smallest absolute Gasteiger partial charge is 0.234 e. The number of dihydropyridines is 1. The molecule has 186 valence electrons. The van der Waals surface area contributed by atoms with Gasteiger partial charge in [0.15, 0.2) is 5.78 Å². The maximum absolute atomic E-state index is 13.0. The maximum atomic E-state index is 13.0. The van der Waals surface area contributed by atoms with Gasteiger partial charge in [-0.1, -0.05) is 30.0 Å². The Morgan fingerprint density at radius 2 is 1.86 bits per heavy atom. The molecule has 0 saturated carbocycles. The Morgan fingerprint density at radius 1 is 1.11 bits per heavy atom. The van der Waals surface area contributed by atoms with E-state index in [4.69, 9.17) is 9.47 Å². The number of nitriles is 1. The molecule has 0 radical (unpaired) electrons. The molecule has 0 saturated heterocycles. The van der Waals surface area contributed by atoms with Gasteiger partial charge in [-0.25, -0.2) is 0 Å². The molecule has 1 atom stereocenters. The van der Waals surface area contributed by atoms with Crippen molar-refractivity contribution in [1.29, 1.82) is 5.26 Å². The molecular formula is C28H29N3O4S. The zero-order valence-corrected chi connectivity index (χ0v) is 21.2. The van der Waals surface area contributed by atoms with Crippen LogP contribution in [0.1, 0.15) is 44.6 Å². The van der Waals surface area contributed by atoms with E-state index in [1.807, 2.05) is 38.1 Å². The van der Waals surface area contributed by atoms with E-state index in [9.17, 15) is 14.9 Å². The molecule has 2 aliphatic rings. The van der Waals surface area contributed by atoms with Gasteiger partial charge >= 0.3 is 0 Å². The molecule has 0 spiro atoms. The summed E-state index contributed by atoms with van der Waals surface area (Å²) in [6.45, 7) is 4.87. The van der Waals surface area contributed by atoms with Crippen molar-refractivity contribution in [3.05, 3.63) is 76.0 Å². The van der Waals surface area contributed by atoms with Gasteiger partial charge in [-0.3, -0.25) is 9.59 Å². The molecule has 0 aromatic heterocycles. The molecule has 1 aliphatic heterocycles. The van der Waals surface area contributed by atoms with Crippen LogP contribution in [0.3, 0.4) is 0 Å². The number of nitrogens with one attached hydrogen (secondary N) is 2. The first-order valence-electron chi connectivity index (χ1n) is 12.1. The average Bonchev–Trinajstić information content (AvgIpc) is 2.88. The molecule has 36 heavy (non-hydrogen) atoms. The largest absolute Gasteiger partial charge is 0.494 e. The monoisotopic (exact) mass is 503 g/mol. The number of Topliss-reactive ketones (excluding diaryl/α,β-unsaturated/α-hetero) is 1. The molecule has 2 N–H and O–H groups in total. The van der Waals surface area contributed by atoms with Crippen LogP contribution in [0.15, 0.2) is 70.4 Å². The number of anilines is 1. The van der Waals surface area contributed by atoms with Crippen LogP contribution in [0.2, 0.25) is 0 Å². The van der Waals surface area contributed by atoms with Gasteiger partial charge in [-0.2, -0.15) is 5.26 Å². The minimum Gasteiger partial charge on any atom is -0.494 e. The Morgan fingerprint density at radius 3 is 2.58 bits per heavy atom. The first-order chi connectivity index (χ1) is 17.5. The summed E-state index contributed by atoms with van der Waals surface area (Å²) in [4.78, 5) is 25.7. The molecule has 1 heterocycles. The van der Waals surface area contributed by atoms with Gasteiger partial charge in [0.1, 0.15) is 11.5 Å². The van der Waals surface area contributed by atoms with Crippen LogP contribution in [0.5, 0.6) is 11.5 Å². The van der Waals surface area contributed by atoms with E-state index in [1.54, 1.807) is 24.3 Å². The Kier molecular flexibility index (Phi) is 8.34. The topological polar surface area (TPSA) is 100 Å². The molecule has 7 nitrogen and oxygen atoms in total. The van der Waals surface area contributed by atoms with Crippen LogP contribution >= 0.6 is 11.8 Å². The fraction of sp³-hybridized carbons (Fsp3) is 0.321. The van der Waals surface area contributed by atoms with Crippen molar-refractivity contribution in [3.63, 3.8) is 0 Å². The number of hydrogen-bond acceptors (Lipinski definition) is 7. The number of carbonyl (C=O) groups excluding carboxylic acids is 2. The molecule has 2 aromatic rings. The minimum atomic E-state index is -0.529. The van der Waals surface area contributed by atoms with Crippen molar-refractivity contribution in [3.8, 4) is 17.6 Å². The van der Waals surface area contributed by atoms with E-state index in [0.29, 0.717) is 47.2 Å². The van der Waals surface area contributed by atoms with Crippen LogP contribution in [0.4, 0.5) is 5.69 Å². The maximum Gasteiger partial charge on any atom is 0.234 e. The highest BCUT2D eigenvalue weighted by Crippen LogP contribution is 2.46. The zero-order valence-electron chi connectivity index (χ0n) is 20.4. The fourth-order valence-corrected chi connectivity index (χ4v) is 5.35. The summed E-state index contributed by atoms with van der Waals surface area (Å²) in [6, 6.07) is 17.1. The van der Waals surface area contributed by atoms with Gasteiger partial charge in [0.25, 0.3) is 0 Å². The number of allylic oxidation sites excluding steroid dienone is 3. The Labute approximate surface area is 215 Å². The third-order valence-electron chi connectivity index (χ3n) is 5.99. The predicted octanol–water partition coefficient (Wildman–Crippen LogP) is 5.28. The summed E-state index contributed by atoms with van der Waals surface area (Å²) < 4.78 is 11.3. The average molecular weight is 504 g/mol. The van der Waals surface area contributed by atoms with Crippen LogP contribution in [-0.4, -0.2) is 30.7 Å². The highest BCUT2D eigenvalue weighted by molar-refractivity contribution is 8.03. The first-order valence-corrected chi connectivity index (χ1v) is 13.1. The van der Waals surface area contributed by atoms with Gasteiger partial charge in [0.05, 0.1) is 41.6 Å². The van der Waals surface area contributed by atoms with Crippen LogP contribution < -0.4 is 20.1 Å². The summed E-state index contributed by atoms with van der Waals surface area (Å²) in [5.74, 6) is 0.828. The van der Waals surface area contributed by atoms with Gasteiger partial charge in [-0.05, 0) is 57.0 Å². The molecule has 0 bridgehead atoms. The third kappa shape index (κ3) is 5.58. The molecule has 1 amide bonds. The second kappa shape index (κ2) is 11.8. The van der Waals surface area contributed by atoms with Crippen LogP contribution in [-0.2, 0) is 9.59 Å². The number of benzene rings is 2. The zero-order chi connectivity index (χ0) is 25.5. The molecule has 1 aliphatic carbocycles. The minimum absolute atomic E-state index is 0.0464. The number of ketones is 1. The quantitative estimate of drug-likeness (QED) is 0.480. The van der Waals surface area contributed by atoms with Gasteiger partial charge < -0.3 is 20.1 Å². The predicted molar refractivity (Wildman–Crippen MR) is 141 cm³/mol. The highest BCUT2D eigenvalue weighted by atomic mass is 32.2. The summed E-state index contributed by atoms with van der Waals surface area (Å²) in [5.41, 5.74) is 3.35. The second-order valence-corrected chi connectivity index (χ2v) is 9.33. The van der Waals surface area contributed by atoms with E-state index in [0.717, 1.165) is 29.9 Å². The number of para-hydroxylation sites is 1. The summed E-state index contributed by atoms with van der Waals surface area (Å²) in [7, 11) is 0. The molecule has 2 aromatic carbocycles. The first kappa shape index (κ1) is 25.4. The second-order valence-electron chi connectivity index (χ2n) is 8.35. The third-order valence-corrected chi connectivity index (χ3v) is 7.01. The number of thioether (sulfide) groups is 1. The molecule has 1 unspecified atom stereocenters. The van der Waals surface area contributed by atoms with Crippen molar-refractivity contribution in [1.82, 2.24) is 5.32 Å².